The van der Waals surface area contributed by atoms with Gasteiger partial charge in [-0.25, -0.2) is 0 Å². The molecule has 0 aliphatic rings. The average molecular weight is 309 g/mol. The Balaban J connectivity index is 2.55. The first-order chi connectivity index (χ1) is 10.5. The van der Waals surface area contributed by atoms with Crippen LogP contribution in [0.2, 0.25) is 0 Å². The number of esters is 1. The Bertz CT molecular complexity index is 493. The van der Waals surface area contributed by atoms with Gasteiger partial charge in [-0.05, 0) is 38.0 Å². The third-order valence-electron chi connectivity index (χ3n) is 3.06. The first-order valence-electron chi connectivity index (χ1n) is 7.19. The van der Waals surface area contributed by atoms with E-state index in [0.717, 1.165) is 5.56 Å². The summed E-state index contributed by atoms with van der Waals surface area (Å²) in [7, 11) is 3.14. The Kier molecular flexibility index (Phi) is 7.22. The predicted octanol–water partition coefficient (Wildman–Crippen LogP) is 1.70. The van der Waals surface area contributed by atoms with Crippen molar-refractivity contribution in [3.05, 3.63) is 23.8 Å². The largest absolute Gasteiger partial charge is 0.497 e. The van der Waals surface area contributed by atoms with Crippen molar-refractivity contribution >= 4 is 11.9 Å². The summed E-state index contributed by atoms with van der Waals surface area (Å²) in [5.74, 6) is 0.622. The van der Waals surface area contributed by atoms with Gasteiger partial charge in [-0.3, -0.25) is 9.59 Å². The molecule has 6 heteroatoms. The second-order valence-electron chi connectivity index (χ2n) is 4.75. The number of likely N-dealkylation sites (N-methyl/N-ethyl adjacent to an activating group) is 1. The van der Waals surface area contributed by atoms with Crippen LogP contribution in [0.5, 0.6) is 11.5 Å². The molecule has 0 aliphatic heterocycles. The van der Waals surface area contributed by atoms with Crippen LogP contribution in [-0.2, 0) is 20.7 Å². The van der Waals surface area contributed by atoms with E-state index in [1.54, 1.807) is 27.2 Å². The molecule has 0 aromatic heterocycles. The Morgan fingerprint density at radius 1 is 1.14 bits per heavy atom. The molecule has 122 valence electrons. The summed E-state index contributed by atoms with van der Waals surface area (Å²) < 4.78 is 15.4. The Morgan fingerprint density at radius 3 is 2.23 bits per heavy atom. The minimum Gasteiger partial charge on any atom is -0.497 e. The lowest BCUT2D eigenvalue weighted by molar-refractivity contribution is -0.154. The van der Waals surface area contributed by atoms with Crippen molar-refractivity contribution in [3.63, 3.8) is 0 Å². The molecule has 0 aliphatic carbocycles. The highest BCUT2D eigenvalue weighted by Gasteiger charge is 2.16. The Morgan fingerprint density at radius 2 is 1.73 bits per heavy atom. The van der Waals surface area contributed by atoms with E-state index in [4.69, 9.17) is 14.2 Å². The lowest BCUT2D eigenvalue weighted by atomic mass is 10.1. The van der Waals surface area contributed by atoms with Crippen LogP contribution in [0, 0.1) is 0 Å². The van der Waals surface area contributed by atoms with E-state index >= 15 is 0 Å². The van der Waals surface area contributed by atoms with Gasteiger partial charge >= 0.3 is 5.97 Å². The smallest absolute Gasteiger partial charge is 0.306 e. The highest BCUT2D eigenvalue weighted by Crippen LogP contribution is 2.23. The minimum atomic E-state index is -0.785. The maximum atomic E-state index is 11.8. The number of nitrogens with one attached hydrogen (secondary N) is 1. The van der Waals surface area contributed by atoms with Crippen LogP contribution in [0.1, 0.15) is 25.8 Å². The molecule has 0 fully saturated rings. The molecule has 0 heterocycles. The number of carbonyl (C=O) groups is 2. The summed E-state index contributed by atoms with van der Waals surface area (Å²) in [5, 5.41) is 2.61. The molecular formula is C16H23NO5. The normalized spacial score (nSPS) is 11.5. The number of rotatable bonds is 8. The molecule has 1 rings (SSSR count). The average Bonchev–Trinajstić information content (AvgIpc) is 2.52. The van der Waals surface area contributed by atoms with Crippen LogP contribution in [0.15, 0.2) is 18.2 Å². The third-order valence-corrected chi connectivity index (χ3v) is 3.06. The van der Waals surface area contributed by atoms with E-state index in [1.807, 2.05) is 19.1 Å². The fourth-order valence-corrected chi connectivity index (χ4v) is 1.88. The number of ether oxygens (including phenoxy) is 3. The summed E-state index contributed by atoms with van der Waals surface area (Å²) in [4.78, 5) is 23.3. The lowest BCUT2D eigenvalue weighted by Gasteiger charge is -2.13. The number of benzene rings is 1. The van der Waals surface area contributed by atoms with E-state index < -0.39 is 12.1 Å². The molecule has 0 bridgehead atoms. The van der Waals surface area contributed by atoms with Crippen molar-refractivity contribution in [2.75, 3.05) is 20.8 Å². The van der Waals surface area contributed by atoms with E-state index in [9.17, 15) is 9.59 Å². The van der Waals surface area contributed by atoms with Crippen LogP contribution >= 0.6 is 0 Å². The topological polar surface area (TPSA) is 73.9 Å². The third kappa shape index (κ3) is 5.63. The highest BCUT2D eigenvalue weighted by atomic mass is 16.5. The van der Waals surface area contributed by atoms with Crippen molar-refractivity contribution in [1.82, 2.24) is 5.32 Å². The fraction of sp³-hybridized carbons (Fsp3) is 0.500. The number of amides is 1. The van der Waals surface area contributed by atoms with E-state index in [-0.39, 0.29) is 12.3 Å². The minimum absolute atomic E-state index is 0.181. The second-order valence-corrected chi connectivity index (χ2v) is 4.75. The fourth-order valence-electron chi connectivity index (χ4n) is 1.88. The number of hydrogen-bond donors (Lipinski definition) is 1. The number of hydrogen-bond acceptors (Lipinski definition) is 5. The van der Waals surface area contributed by atoms with Crippen LogP contribution in [0.25, 0.3) is 0 Å². The van der Waals surface area contributed by atoms with Crippen LogP contribution < -0.4 is 14.8 Å². The molecule has 22 heavy (non-hydrogen) atoms. The SMILES string of the molecule is CCNC(=O)[C@H](C)OC(=O)CCc1cc(OC)cc(OC)c1. The molecular weight excluding hydrogens is 286 g/mol. The quantitative estimate of drug-likeness (QED) is 0.740. The number of carbonyl (C=O) groups excluding carboxylic acids is 2. The van der Waals surface area contributed by atoms with Crippen LogP contribution in [0.4, 0.5) is 0 Å². The maximum Gasteiger partial charge on any atom is 0.306 e. The van der Waals surface area contributed by atoms with Gasteiger partial charge in [-0.1, -0.05) is 0 Å². The van der Waals surface area contributed by atoms with Gasteiger partial charge in [0, 0.05) is 19.0 Å². The molecule has 0 saturated carbocycles. The van der Waals surface area contributed by atoms with Crippen molar-refractivity contribution < 1.29 is 23.8 Å². The van der Waals surface area contributed by atoms with E-state index in [1.165, 1.54) is 0 Å². The van der Waals surface area contributed by atoms with Crippen molar-refractivity contribution in [2.24, 2.45) is 0 Å². The van der Waals surface area contributed by atoms with Crippen molar-refractivity contribution in [2.45, 2.75) is 32.8 Å². The zero-order valence-corrected chi connectivity index (χ0v) is 13.5. The van der Waals surface area contributed by atoms with Gasteiger partial charge in [0.1, 0.15) is 11.5 Å². The zero-order chi connectivity index (χ0) is 16.5. The molecule has 1 amide bonds. The summed E-state index contributed by atoms with van der Waals surface area (Å²) in [6.07, 6.45) is -0.124. The van der Waals surface area contributed by atoms with Gasteiger partial charge in [0.05, 0.1) is 14.2 Å². The van der Waals surface area contributed by atoms with Gasteiger partial charge in [0.2, 0.25) is 0 Å². The number of aryl methyl sites for hydroxylation is 1. The van der Waals surface area contributed by atoms with Gasteiger partial charge in [0.15, 0.2) is 6.10 Å². The van der Waals surface area contributed by atoms with Gasteiger partial charge in [-0.15, -0.1) is 0 Å². The molecule has 0 unspecified atom stereocenters. The molecule has 0 radical (unpaired) electrons. The Hall–Kier alpha value is -2.24. The monoisotopic (exact) mass is 309 g/mol. The molecule has 0 saturated heterocycles. The van der Waals surface area contributed by atoms with Crippen LogP contribution in [0.3, 0.4) is 0 Å². The van der Waals surface area contributed by atoms with Gasteiger partial charge in [0.25, 0.3) is 5.91 Å². The molecule has 1 N–H and O–H groups in total. The van der Waals surface area contributed by atoms with Gasteiger partial charge < -0.3 is 19.5 Å². The summed E-state index contributed by atoms with van der Waals surface area (Å²) in [5.41, 5.74) is 0.902. The summed E-state index contributed by atoms with van der Waals surface area (Å²) in [6, 6.07) is 5.44. The lowest BCUT2D eigenvalue weighted by Crippen LogP contribution is -2.35. The molecule has 1 aromatic carbocycles. The standard InChI is InChI=1S/C16H23NO5/c1-5-17-16(19)11(2)22-15(18)7-6-12-8-13(20-3)10-14(9-12)21-4/h8-11H,5-7H2,1-4H3,(H,17,19)/t11-/m0/s1. The number of methoxy groups -OCH3 is 2. The van der Waals surface area contributed by atoms with Crippen molar-refractivity contribution in [3.8, 4) is 11.5 Å². The Labute approximate surface area is 130 Å². The molecule has 1 atom stereocenters. The van der Waals surface area contributed by atoms with Crippen LogP contribution in [-0.4, -0.2) is 38.7 Å². The predicted molar refractivity (Wildman–Crippen MR) is 82.1 cm³/mol. The molecule has 1 aromatic rings. The van der Waals surface area contributed by atoms with Crippen molar-refractivity contribution in [1.29, 1.82) is 0 Å². The molecule has 6 nitrogen and oxygen atoms in total. The maximum absolute atomic E-state index is 11.8. The highest BCUT2D eigenvalue weighted by molar-refractivity contribution is 5.83. The first-order valence-corrected chi connectivity index (χ1v) is 7.19. The summed E-state index contributed by atoms with van der Waals surface area (Å²) >= 11 is 0. The zero-order valence-electron chi connectivity index (χ0n) is 13.5. The van der Waals surface area contributed by atoms with E-state index in [0.29, 0.717) is 24.5 Å². The molecule has 0 spiro atoms. The summed E-state index contributed by atoms with van der Waals surface area (Å²) in [6.45, 7) is 3.87. The van der Waals surface area contributed by atoms with Gasteiger partial charge in [-0.2, -0.15) is 0 Å². The van der Waals surface area contributed by atoms with E-state index in [2.05, 4.69) is 5.32 Å². The second kappa shape index (κ2) is 8.92. The first kappa shape index (κ1) is 17.8.